The quantitative estimate of drug-likeness (QED) is 0.0690. The number of methoxy groups -OCH3 is 1. The lowest BCUT2D eigenvalue weighted by Gasteiger charge is -2.19. The molecule has 19 nitrogen and oxygen atoms in total. The Labute approximate surface area is 465 Å². The third kappa shape index (κ3) is 22.9. The number of aryl methyl sites for hydroxylation is 4. The molecule has 0 N–H and O–H groups in total. The SMILES string of the molecule is CC(C)(C)OC(=O)c1ccc(C(=O)[O-])cc1.CCOC(C)Oc1ccc(C(=O)[O-])cc1.COc1c(C)cc(C(=O)[O-])cc1C.CSc1ccc(C(=O)[O-])cc1.Cc1cc(F)cc(C)c1C(=O)[O-].O=C1Cc2cc(C(=O)[O-])ccc2O1. The molecule has 0 saturated carbocycles. The summed E-state index contributed by atoms with van der Waals surface area (Å²) in [5, 5.41) is 62.7. The van der Waals surface area contributed by atoms with E-state index in [1.54, 1.807) is 123 Å². The highest BCUT2D eigenvalue weighted by atomic mass is 32.2. The Balaban J connectivity index is 0.000000329. The standard InChI is InChI=1S/C12H14O4.C11H14O4.C10H12O3.C9H9FO2.C9H6O4.C8H8O2S/c1-12(2,3)16-11(15)9-6-4-8(5-7-9)10(13)14;1-3-14-8(2)15-10-6-4-9(5-7-10)11(12)13;1-6-4-8(10(11)12)5-7(2)9(6)13-3;1-5-3-7(10)4-6(2)8(5)9(11)12;10-8-4-6-3-5(9(11)12)1-2-7(6)13-8;1-11-7-4-2-6(3-5-7)8(9)10/h4-7H,1-3H3,(H,13,14);4-8H,3H2,1-2H3,(H,12,13);4-5H,1-3H3,(H,11,12);3-4H,1-2H3,(H,11,12);1-3H,4H2,(H,11,12);2-5H,1H3,(H,9,10)/p-6. The van der Waals surface area contributed by atoms with Crippen LogP contribution < -0.4 is 44.8 Å². The Kier molecular flexibility index (Phi) is 26.8. The molecule has 0 aliphatic carbocycles. The number of ether oxygens (including phenoxy) is 5. The van der Waals surface area contributed by atoms with Crippen molar-refractivity contribution < 1.29 is 97.1 Å². The highest BCUT2D eigenvalue weighted by molar-refractivity contribution is 7.98. The van der Waals surface area contributed by atoms with Crippen molar-refractivity contribution in [3.63, 3.8) is 0 Å². The monoisotopic (exact) mass is 1120 g/mol. The van der Waals surface area contributed by atoms with E-state index in [-0.39, 0.29) is 52.1 Å². The molecular formula is C59H57FO19S-6. The Bertz CT molecular complexity index is 3080. The van der Waals surface area contributed by atoms with E-state index in [0.717, 1.165) is 21.8 Å². The molecule has 0 bridgehead atoms. The van der Waals surface area contributed by atoms with E-state index in [1.165, 1.54) is 66.7 Å². The van der Waals surface area contributed by atoms with Crippen molar-refractivity contribution in [1.29, 1.82) is 0 Å². The molecule has 6 aromatic carbocycles. The molecule has 80 heavy (non-hydrogen) atoms. The summed E-state index contributed by atoms with van der Waals surface area (Å²) >= 11 is 1.58. The van der Waals surface area contributed by atoms with Crippen molar-refractivity contribution in [2.45, 2.75) is 85.5 Å². The number of aromatic carboxylic acids is 6. The van der Waals surface area contributed by atoms with Gasteiger partial charge in [-0.25, -0.2) is 9.18 Å². The predicted molar refractivity (Wildman–Crippen MR) is 278 cm³/mol. The summed E-state index contributed by atoms with van der Waals surface area (Å²) in [5.74, 6) is -6.77. The fraction of sp³-hybridized carbons (Fsp3) is 0.254. The number of hydrogen-bond donors (Lipinski definition) is 0. The van der Waals surface area contributed by atoms with Gasteiger partial charge in [-0.15, -0.1) is 11.8 Å². The number of fused-ring (bicyclic) bond motifs is 1. The molecule has 1 atom stereocenters. The lowest BCUT2D eigenvalue weighted by molar-refractivity contribution is -0.256. The maximum absolute atomic E-state index is 12.7. The number of carbonyl (C=O) groups is 8. The van der Waals surface area contributed by atoms with Crippen LogP contribution in [-0.2, 0) is 20.7 Å². The summed E-state index contributed by atoms with van der Waals surface area (Å²) < 4.78 is 38.2. The minimum Gasteiger partial charge on any atom is -0.545 e. The Morgan fingerprint density at radius 3 is 1.43 bits per heavy atom. The fourth-order valence-corrected chi connectivity index (χ4v) is 7.23. The first-order valence-corrected chi connectivity index (χ1v) is 25.0. The van der Waals surface area contributed by atoms with Crippen LogP contribution in [0.4, 0.5) is 4.39 Å². The number of esters is 2. The van der Waals surface area contributed by atoms with Crippen molar-refractivity contribution in [2.24, 2.45) is 0 Å². The average Bonchev–Trinajstić information content (AvgIpc) is 3.76. The average molecular weight is 1120 g/mol. The number of benzene rings is 6. The van der Waals surface area contributed by atoms with Crippen LogP contribution in [0, 0.1) is 33.5 Å². The van der Waals surface area contributed by atoms with Crippen LogP contribution in [0.2, 0.25) is 0 Å². The molecule has 7 rings (SSSR count). The van der Waals surface area contributed by atoms with Gasteiger partial charge in [-0.05, 0) is 210 Å². The zero-order valence-corrected chi connectivity index (χ0v) is 46.3. The first kappa shape index (κ1) is 67.0. The van der Waals surface area contributed by atoms with Gasteiger partial charge in [0, 0.05) is 22.6 Å². The van der Waals surface area contributed by atoms with Crippen LogP contribution in [0.3, 0.4) is 0 Å². The molecule has 0 saturated heterocycles. The largest absolute Gasteiger partial charge is 0.545 e. The van der Waals surface area contributed by atoms with E-state index in [1.807, 2.05) is 13.2 Å². The van der Waals surface area contributed by atoms with Crippen molar-refractivity contribution >= 4 is 59.5 Å². The van der Waals surface area contributed by atoms with Gasteiger partial charge < -0.3 is 83.1 Å². The number of halogens is 1. The van der Waals surface area contributed by atoms with Gasteiger partial charge in [-0.1, -0.05) is 24.3 Å². The summed E-state index contributed by atoms with van der Waals surface area (Å²) in [7, 11) is 1.56. The van der Waals surface area contributed by atoms with Gasteiger partial charge in [0.2, 0.25) is 0 Å². The lowest BCUT2D eigenvalue weighted by atomic mass is 10.0. The molecule has 1 unspecified atom stereocenters. The van der Waals surface area contributed by atoms with E-state index in [2.05, 4.69) is 0 Å². The lowest BCUT2D eigenvalue weighted by Crippen LogP contribution is -2.24. The second kappa shape index (κ2) is 32.0. The van der Waals surface area contributed by atoms with E-state index in [4.69, 9.17) is 23.7 Å². The van der Waals surface area contributed by atoms with Gasteiger partial charge >= 0.3 is 11.9 Å². The van der Waals surface area contributed by atoms with E-state index >= 15 is 0 Å². The molecule has 1 aliphatic heterocycles. The number of thioether (sulfide) groups is 1. The smallest absolute Gasteiger partial charge is 0.338 e. The first-order valence-electron chi connectivity index (χ1n) is 23.8. The molecular weight excluding hydrogens is 1060 g/mol. The third-order valence-corrected chi connectivity index (χ3v) is 11.1. The zero-order chi connectivity index (χ0) is 60.6. The molecule has 0 radical (unpaired) electrons. The summed E-state index contributed by atoms with van der Waals surface area (Å²) in [4.78, 5) is 86.1. The summed E-state index contributed by atoms with van der Waals surface area (Å²) in [6.07, 6.45) is 1.73. The van der Waals surface area contributed by atoms with Crippen molar-refractivity contribution in [2.75, 3.05) is 20.0 Å². The van der Waals surface area contributed by atoms with Gasteiger partial charge in [0.05, 0.1) is 54.9 Å². The molecule has 0 fully saturated rings. The van der Waals surface area contributed by atoms with Gasteiger partial charge in [0.15, 0.2) is 6.29 Å². The molecule has 6 aromatic rings. The summed E-state index contributed by atoms with van der Waals surface area (Å²) in [6, 6.07) is 27.7. The number of carboxylic acids is 6. The molecule has 0 aromatic heterocycles. The maximum Gasteiger partial charge on any atom is 0.338 e. The van der Waals surface area contributed by atoms with Crippen molar-refractivity contribution in [3.8, 4) is 17.2 Å². The van der Waals surface area contributed by atoms with E-state index < -0.39 is 53.2 Å². The summed E-state index contributed by atoms with van der Waals surface area (Å²) in [6.45, 7) is 16.2. The molecule has 0 amide bonds. The van der Waals surface area contributed by atoms with Gasteiger partial charge in [0.1, 0.15) is 28.7 Å². The molecule has 426 valence electrons. The second-order valence-corrected chi connectivity index (χ2v) is 18.6. The van der Waals surface area contributed by atoms with Crippen LogP contribution in [0.25, 0.3) is 0 Å². The number of hydrogen-bond acceptors (Lipinski definition) is 20. The van der Waals surface area contributed by atoms with E-state index in [9.17, 15) is 73.4 Å². The molecule has 21 heteroatoms. The Hall–Kier alpha value is -9.08. The van der Waals surface area contributed by atoms with Crippen LogP contribution in [-0.4, -0.2) is 79.6 Å². The Morgan fingerprint density at radius 1 is 0.600 bits per heavy atom. The second-order valence-electron chi connectivity index (χ2n) is 17.7. The van der Waals surface area contributed by atoms with E-state index in [0.29, 0.717) is 40.4 Å². The van der Waals surface area contributed by atoms with Gasteiger partial charge in [-0.2, -0.15) is 0 Å². The van der Waals surface area contributed by atoms with Gasteiger partial charge in [0.25, 0.3) is 0 Å². The Morgan fingerprint density at radius 2 is 1.02 bits per heavy atom. The van der Waals surface area contributed by atoms with Crippen LogP contribution >= 0.6 is 11.8 Å². The molecule has 0 spiro atoms. The fourth-order valence-electron chi connectivity index (χ4n) is 6.82. The van der Waals surface area contributed by atoms with Crippen LogP contribution in [0.1, 0.15) is 135 Å². The predicted octanol–water partition coefficient (Wildman–Crippen LogP) is 3.58. The number of carbonyl (C=O) groups excluding carboxylic acids is 8. The van der Waals surface area contributed by atoms with Crippen molar-refractivity contribution in [1.82, 2.24) is 0 Å². The highest BCUT2D eigenvalue weighted by Gasteiger charge is 2.20. The van der Waals surface area contributed by atoms with Crippen LogP contribution in [0.15, 0.2) is 120 Å². The molecule has 1 heterocycles. The number of carboxylic acid groups (broad SMARTS) is 6. The normalized spacial score (nSPS) is 11.1. The third-order valence-electron chi connectivity index (χ3n) is 10.3. The number of rotatable bonds is 13. The van der Waals surface area contributed by atoms with Gasteiger partial charge in [-0.3, -0.25) is 4.79 Å². The minimum absolute atomic E-state index is 0.0345. The molecule has 1 aliphatic rings. The maximum atomic E-state index is 12.7. The van der Waals surface area contributed by atoms with Crippen molar-refractivity contribution in [3.05, 3.63) is 188 Å². The minimum atomic E-state index is -1.27. The van der Waals surface area contributed by atoms with Crippen LogP contribution in [0.5, 0.6) is 17.2 Å². The highest BCUT2D eigenvalue weighted by Crippen LogP contribution is 2.27. The topological polar surface area (TPSA) is 321 Å². The first-order chi connectivity index (χ1) is 37.4. The zero-order valence-electron chi connectivity index (χ0n) is 45.5. The summed E-state index contributed by atoms with van der Waals surface area (Å²) in [5.41, 5.74) is 3.49.